The highest BCUT2D eigenvalue weighted by Crippen LogP contribution is 2.19. The van der Waals surface area contributed by atoms with E-state index in [-0.39, 0.29) is 29.9 Å². The summed E-state index contributed by atoms with van der Waals surface area (Å²) >= 11 is 0. The second-order valence-electron chi connectivity index (χ2n) is 6.99. The summed E-state index contributed by atoms with van der Waals surface area (Å²) in [4.78, 5) is 20.9. The van der Waals surface area contributed by atoms with Gasteiger partial charge in [-0.3, -0.25) is 9.89 Å². The molecule has 4 N–H and O–H groups in total. The van der Waals surface area contributed by atoms with Crippen LogP contribution in [-0.2, 0) is 13.0 Å². The highest BCUT2D eigenvalue weighted by Gasteiger charge is 2.07. The van der Waals surface area contributed by atoms with E-state index < -0.39 is 0 Å². The van der Waals surface area contributed by atoms with Gasteiger partial charge in [0.25, 0.3) is 5.91 Å². The highest BCUT2D eigenvalue weighted by atomic mass is 127. The number of guanidine groups is 1. The van der Waals surface area contributed by atoms with Crippen LogP contribution in [0.4, 0.5) is 0 Å². The van der Waals surface area contributed by atoms with Gasteiger partial charge in [0, 0.05) is 31.3 Å². The maximum atomic E-state index is 11.8. The summed E-state index contributed by atoms with van der Waals surface area (Å²) in [5.74, 6) is 2.68. The molecule has 0 fully saturated rings. The third-order valence-electron chi connectivity index (χ3n) is 4.73. The minimum absolute atomic E-state index is 0. The summed E-state index contributed by atoms with van der Waals surface area (Å²) in [6.45, 7) is 3.80. The summed E-state index contributed by atoms with van der Waals surface area (Å²) in [5, 5.41) is 16.4. The van der Waals surface area contributed by atoms with Gasteiger partial charge in [-0.05, 0) is 55.3 Å². The van der Waals surface area contributed by atoms with Crippen molar-refractivity contribution >= 4 is 35.8 Å². The van der Waals surface area contributed by atoms with E-state index in [9.17, 15) is 4.79 Å². The van der Waals surface area contributed by atoms with E-state index in [1.165, 1.54) is 0 Å². The van der Waals surface area contributed by atoms with Crippen molar-refractivity contribution in [2.24, 2.45) is 4.99 Å². The molecule has 3 rings (SSSR count). The number of carbonyl (C=O) groups is 1. The average molecular weight is 563 g/mol. The predicted octanol–water partition coefficient (Wildman–Crippen LogP) is 2.76. The number of aliphatic imine (C=N–C) groups is 1. The van der Waals surface area contributed by atoms with E-state index in [1.807, 2.05) is 49.4 Å². The number of benzene rings is 2. The van der Waals surface area contributed by atoms with Crippen LogP contribution in [0.5, 0.6) is 5.75 Å². The highest BCUT2D eigenvalue weighted by molar-refractivity contribution is 14.0. The molecule has 0 aliphatic rings. The lowest BCUT2D eigenvalue weighted by molar-refractivity contribution is 0.0963. The van der Waals surface area contributed by atoms with Crippen molar-refractivity contribution in [3.05, 3.63) is 65.5 Å². The minimum atomic E-state index is -0.0872. The zero-order valence-corrected chi connectivity index (χ0v) is 21.3. The molecule has 9 nitrogen and oxygen atoms in total. The van der Waals surface area contributed by atoms with Gasteiger partial charge in [0.1, 0.15) is 18.1 Å². The largest absolute Gasteiger partial charge is 0.497 e. The molecule has 0 aliphatic carbocycles. The number of nitrogens with zero attached hydrogens (tertiary/aromatic N) is 3. The van der Waals surface area contributed by atoms with Gasteiger partial charge in [-0.25, -0.2) is 9.98 Å². The summed E-state index contributed by atoms with van der Waals surface area (Å²) in [7, 11) is 3.26. The number of rotatable bonds is 9. The third-order valence-corrected chi connectivity index (χ3v) is 4.73. The lowest BCUT2D eigenvalue weighted by atomic mass is 10.1. The zero-order chi connectivity index (χ0) is 22.8. The standard InChI is InChI=1S/C23H29N7O2.HI/c1-4-25-23(26-13-12-16-6-5-7-18(14-16)22(31)24-2)27-15-20-28-21(30-29-20)17-8-10-19(32-3)11-9-17;/h5-11,14H,4,12-13,15H2,1-3H3,(H,24,31)(H2,25,26,27)(H,28,29,30);1H. The molecule has 0 saturated carbocycles. The predicted molar refractivity (Wildman–Crippen MR) is 140 cm³/mol. The Labute approximate surface area is 210 Å². The molecule has 0 unspecified atom stereocenters. The van der Waals surface area contributed by atoms with Crippen LogP contribution >= 0.6 is 24.0 Å². The molecule has 33 heavy (non-hydrogen) atoms. The van der Waals surface area contributed by atoms with Crippen LogP contribution in [0.2, 0.25) is 0 Å². The molecule has 0 atom stereocenters. The van der Waals surface area contributed by atoms with Gasteiger partial charge in [0.05, 0.1) is 7.11 Å². The Morgan fingerprint density at radius 1 is 1.15 bits per heavy atom. The van der Waals surface area contributed by atoms with Gasteiger partial charge in [0.15, 0.2) is 11.8 Å². The second-order valence-corrected chi connectivity index (χ2v) is 6.99. The second kappa shape index (κ2) is 13.4. The van der Waals surface area contributed by atoms with E-state index in [2.05, 4.69) is 36.1 Å². The average Bonchev–Trinajstić information content (AvgIpc) is 3.31. The quantitative estimate of drug-likeness (QED) is 0.181. The van der Waals surface area contributed by atoms with Gasteiger partial charge in [-0.2, -0.15) is 5.10 Å². The fraction of sp³-hybridized carbons (Fsp3) is 0.304. The zero-order valence-electron chi connectivity index (χ0n) is 19.0. The smallest absolute Gasteiger partial charge is 0.251 e. The molecule has 3 aromatic rings. The van der Waals surface area contributed by atoms with E-state index in [0.29, 0.717) is 36.3 Å². The fourth-order valence-electron chi connectivity index (χ4n) is 3.07. The van der Waals surface area contributed by atoms with Crippen molar-refractivity contribution in [2.75, 3.05) is 27.2 Å². The number of hydrogen-bond acceptors (Lipinski definition) is 5. The van der Waals surface area contributed by atoms with E-state index in [4.69, 9.17) is 4.74 Å². The number of H-pyrrole nitrogens is 1. The monoisotopic (exact) mass is 563 g/mol. The number of ether oxygens (including phenoxy) is 1. The Balaban J connectivity index is 0.00000385. The van der Waals surface area contributed by atoms with Crippen molar-refractivity contribution in [1.29, 1.82) is 0 Å². The molecule has 176 valence electrons. The summed E-state index contributed by atoms with van der Waals surface area (Å²) in [6, 6.07) is 15.2. The molecule has 10 heteroatoms. The third kappa shape index (κ3) is 7.74. The molecule has 1 aromatic heterocycles. The Hall–Kier alpha value is -3.15. The number of hydrogen-bond donors (Lipinski definition) is 4. The van der Waals surface area contributed by atoms with E-state index in [1.54, 1.807) is 20.2 Å². The Morgan fingerprint density at radius 3 is 2.64 bits per heavy atom. The van der Waals surface area contributed by atoms with Gasteiger partial charge in [-0.1, -0.05) is 12.1 Å². The molecular weight excluding hydrogens is 533 g/mol. The minimum Gasteiger partial charge on any atom is -0.497 e. The van der Waals surface area contributed by atoms with Gasteiger partial charge in [0.2, 0.25) is 0 Å². The first kappa shape index (κ1) is 26.1. The Bertz CT molecular complexity index is 1050. The first-order chi connectivity index (χ1) is 15.6. The molecule has 0 saturated heterocycles. The molecule has 0 radical (unpaired) electrons. The van der Waals surface area contributed by atoms with Crippen LogP contribution in [0.1, 0.15) is 28.7 Å². The maximum absolute atomic E-state index is 11.8. The molecule has 0 aliphatic heterocycles. The number of carbonyl (C=O) groups excluding carboxylic acids is 1. The maximum Gasteiger partial charge on any atom is 0.251 e. The lowest BCUT2D eigenvalue weighted by Gasteiger charge is -2.11. The molecule has 2 aromatic carbocycles. The van der Waals surface area contributed by atoms with Gasteiger partial charge in [-0.15, -0.1) is 24.0 Å². The molecule has 0 bridgehead atoms. The Kier molecular flexibility index (Phi) is 10.6. The van der Waals surface area contributed by atoms with Crippen molar-refractivity contribution in [2.45, 2.75) is 19.9 Å². The van der Waals surface area contributed by atoms with Crippen molar-refractivity contribution in [3.8, 4) is 17.1 Å². The molecule has 1 heterocycles. The van der Waals surface area contributed by atoms with Crippen LogP contribution in [-0.4, -0.2) is 54.3 Å². The van der Waals surface area contributed by atoms with Crippen molar-refractivity contribution in [3.63, 3.8) is 0 Å². The molecule has 0 spiro atoms. The van der Waals surface area contributed by atoms with Crippen LogP contribution in [0.25, 0.3) is 11.4 Å². The fourth-order valence-corrected chi connectivity index (χ4v) is 3.07. The molecular formula is C23H30IN7O2. The van der Waals surface area contributed by atoms with Crippen LogP contribution < -0.4 is 20.7 Å². The van der Waals surface area contributed by atoms with Crippen LogP contribution in [0.15, 0.2) is 53.5 Å². The van der Waals surface area contributed by atoms with Gasteiger partial charge >= 0.3 is 0 Å². The van der Waals surface area contributed by atoms with Crippen molar-refractivity contribution in [1.82, 2.24) is 31.1 Å². The Morgan fingerprint density at radius 2 is 1.94 bits per heavy atom. The van der Waals surface area contributed by atoms with Crippen LogP contribution in [0.3, 0.4) is 0 Å². The topological polar surface area (TPSA) is 116 Å². The molecule has 1 amide bonds. The lowest BCUT2D eigenvalue weighted by Crippen LogP contribution is -2.38. The van der Waals surface area contributed by atoms with Crippen LogP contribution in [0, 0.1) is 0 Å². The SMILES string of the molecule is CCNC(=NCc1nc(-c2ccc(OC)cc2)n[nH]1)NCCc1cccc(C(=O)NC)c1.I. The number of methoxy groups -OCH3 is 1. The number of nitrogens with one attached hydrogen (secondary N) is 4. The normalized spacial score (nSPS) is 10.8. The summed E-state index contributed by atoms with van der Waals surface area (Å²) in [6.07, 6.45) is 0.763. The van der Waals surface area contributed by atoms with E-state index >= 15 is 0 Å². The first-order valence-corrected chi connectivity index (χ1v) is 10.5. The summed E-state index contributed by atoms with van der Waals surface area (Å²) in [5.41, 5.74) is 2.64. The first-order valence-electron chi connectivity index (χ1n) is 10.5. The number of halogens is 1. The summed E-state index contributed by atoms with van der Waals surface area (Å²) < 4.78 is 5.18. The van der Waals surface area contributed by atoms with Crippen molar-refractivity contribution < 1.29 is 9.53 Å². The number of aromatic amines is 1. The number of aromatic nitrogens is 3. The van der Waals surface area contributed by atoms with Gasteiger partial charge < -0.3 is 20.7 Å². The van der Waals surface area contributed by atoms with E-state index in [0.717, 1.165) is 29.8 Å². The number of amides is 1.